The van der Waals surface area contributed by atoms with Crippen molar-refractivity contribution in [1.29, 1.82) is 0 Å². The highest BCUT2D eigenvalue weighted by molar-refractivity contribution is 9.09. The van der Waals surface area contributed by atoms with Crippen LogP contribution in [0.25, 0.3) is 0 Å². The molecule has 0 aromatic carbocycles. The molecule has 0 aromatic heterocycles. The lowest BCUT2D eigenvalue weighted by atomic mass is 9.70. The molecule has 3 saturated heterocycles. The molecule has 6 atom stereocenters. The molecule has 3 unspecified atom stereocenters. The zero-order valence-electron chi connectivity index (χ0n) is 24.3. The van der Waals surface area contributed by atoms with Crippen molar-refractivity contribution in [1.82, 2.24) is 9.80 Å². The summed E-state index contributed by atoms with van der Waals surface area (Å²) in [7, 11) is 0. The van der Waals surface area contributed by atoms with Crippen molar-refractivity contribution in [3.05, 3.63) is 25.3 Å². The number of carbonyl (C=O) groups is 3. The van der Waals surface area contributed by atoms with Gasteiger partial charge in [-0.1, -0.05) is 48.9 Å². The second kappa shape index (κ2) is 12.4. The van der Waals surface area contributed by atoms with Crippen molar-refractivity contribution in [3.63, 3.8) is 0 Å². The first kappa shape index (κ1) is 31.8. The number of amides is 2. The number of rotatable bonds is 14. The Morgan fingerprint density at radius 2 is 1.90 bits per heavy atom. The highest BCUT2D eigenvalue weighted by Gasteiger charge is 2.77. The van der Waals surface area contributed by atoms with Crippen LogP contribution in [-0.4, -0.2) is 87.1 Å². The van der Waals surface area contributed by atoms with Crippen molar-refractivity contribution in [2.24, 2.45) is 17.3 Å². The van der Waals surface area contributed by atoms with E-state index in [-0.39, 0.29) is 35.3 Å². The molecule has 39 heavy (non-hydrogen) atoms. The Labute approximate surface area is 242 Å². The number of fused-ring (bicyclic) bond motifs is 1. The minimum atomic E-state index is -1.12. The van der Waals surface area contributed by atoms with Crippen LogP contribution in [0, 0.1) is 17.3 Å². The zero-order valence-corrected chi connectivity index (χ0v) is 25.9. The third-order valence-electron chi connectivity index (χ3n) is 8.19. The van der Waals surface area contributed by atoms with Gasteiger partial charge in [0.25, 0.3) is 0 Å². The van der Waals surface area contributed by atoms with Crippen molar-refractivity contribution in [2.45, 2.75) is 101 Å². The minimum Gasteiger partial charge on any atom is -0.465 e. The van der Waals surface area contributed by atoms with Crippen LogP contribution in [0.3, 0.4) is 0 Å². The Morgan fingerprint density at radius 3 is 2.49 bits per heavy atom. The van der Waals surface area contributed by atoms with Crippen molar-refractivity contribution < 1.29 is 29.0 Å². The SMILES string of the molecule is C=CCCOC(=O)[C@H]1[C@H]2C(=O)N(CCCCCO)C(C(=O)N(CC=C)C(C)(C)CC(C)(C)C)C23CC(Br)[C@@H]1O3. The third kappa shape index (κ3) is 6.30. The summed E-state index contributed by atoms with van der Waals surface area (Å²) < 4.78 is 12.1. The Bertz CT molecular complexity index is 946. The lowest BCUT2D eigenvalue weighted by molar-refractivity contribution is -0.156. The fraction of sp³-hybridized carbons (Fsp3) is 0.767. The highest BCUT2D eigenvalue weighted by Crippen LogP contribution is 2.60. The van der Waals surface area contributed by atoms with Gasteiger partial charge in [0, 0.05) is 30.1 Å². The highest BCUT2D eigenvalue weighted by atomic mass is 79.9. The maximum absolute atomic E-state index is 14.7. The Morgan fingerprint density at radius 1 is 1.21 bits per heavy atom. The number of unbranched alkanes of at least 4 members (excludes halogenated alkanes) is 2. The largest absolute Gasteiger partial charge is 0.465 e. The van der Waals surface area contributed by atoms with Crippen LogP contribution in [0.5, 0.6) is 0 Å². The summed E-state index contributed by atoms with van der Waals surface area (Å²) in [6.45, 7) is 19.1. The summed E-state index contributed by atoms with van der Waals surface area (Å²) in [6, 6.07) is -0.862. The fourth-order valence-electron chi connectivity index (χ4n) is 7.13. The van der Waals surface area contributed by atoms with Crippen LogP contribution in [0.4, 0.5) is 0 Å². The van der Waals surface area contributed by atoms with Gasteiger partial charge in [-0.05, 0) is 57.8 Å². The second-order valence-electron chi connectivity index (χ2n) is 13.0. The first-order valence-corrected chi connectivity index (χ1v) is 15.1. The lowest BCUT2D eigenvalue weighted by Crippen LogP contribution is -2.61. The molecule has 0 radical (unpaired) electrons. The smallest absolute Gasteiger partial charge is 0.312 e. The van der Waals surface area contributed by atoms with Gasteiger partial charge in [-0.3, -0.25) is 14.4 Å². The molecule has 3 aliphatic rings. The van der Waals surface area contributed by atoms with Gasteiger partial charge < -0.3 is 24.4 Å². The van der Waals surface area contributed by atoms with Crippen LogP contribution >= 0.6 is 15.9 Å². The summed E-state index contributed by atoms with van der Waals surface area (Å²) >= 11 is 3.71. The predicted molar refractivity (Wildman–Crippen MR) is 154 cm³/mol. The number of carbonyl (C=O) groups excluding carboxylic acids is 3. The van der Waals surface area contributed by atoms with Crippen LogP contribution in [0.1, 0.15) is 73.1 Å². The van der Waals surface area contributed by atoms with Crippen LogP contribution in [0.15, 0.2) is 25.3 Å². The normalized spacial score (nSPS) is 29.9. The molecule has 9 heteroatoms. The van der Waals surface area contributed by atoms with E-state index in [1.807, 2.05) is 4.90 Å². The van der Waals surface area contributed by atoms with E-state index in [0.29, 0.717) is 38.8 Å². The predicted octanol–water partition coefficient (Wildman–Crippen LogP) is 4.25. The quantitative estimate of drug-likeness (QED) is 0.137. The van der Waals surface area contributed by atoms with E-state index in [1.165, 1.54) is 0 Å². The second-order valence-corrected chi connectivity index (χ2v) is 14.2. The van der Waals surface area contributed by atoms with Gasteiger partial charge in [0.15, 0.2) is 0 Å². The van der Waals surface area contributed by atoms with Gasteiger partial charge in [-0.25, -0.2) is 0 Å². The molecule has 0 aliphatic carbocycles. The maximum Gasteiger partial charge on any atom is 0.312 e. The summed E-state index contributed by atoms with van der Waals surface area (Å²) in [5.41, 5.74) is -1.68. The molecular weight excluding hydrogens is 564 g/mol. The third-order valence-corrected chi connectivity index (χ3v) is 9.03. The van der Waals surface area contributed by atoms with E-state index >= 15 is 0 Å². The van der Waals surface area contributed by atoms with Gasteiger partial charge in [0.1, 0.15) is 11.6 Å². The van der Waals surface area contributed by atoms with Gasteiger partial charge >= 0.3 is 5.97 Å². The van der Waals surface area contributed by atoms with Crippen molar-refractivity contribution in [2.75, 3.05) is 26.3 Å². The molecule has 0 saturated carbocycles. The number of hydrogen-bond donors (Lipinski definition) is 1. The van der Waals surface area contributed by atoms with Crippen molar-refractivity contribution >= 4 is 33.7 Å². The molecule has 2 amide bonds. The van der Waals surface area contributed by atoms with E-state index in [9.17, 15) is 19.5 Å². The topological polar surface area (TPSA) is 96.4 Å². The molecule has 1 spiro atoms. The Balaban J connectivity index is 2.04. The standard InChI is InChI=1S/C30H47BrN2O6/c1-8-10-17-38-27(37)21-22-25(35)32(15-12-11-13-16-34)24(30(22)18-20(31)23(21)39-30)26(36)33(14-9-2)29(6,7)19-28(3,4)5/h8-9,20-24,34H,1-2,10-19H2,3-7H3/t20?,21-,22-,23-,24?,30?/m0/s1. The van der Waals surface area contributed by atoms with Crippen LogP contribution in [0.2, 0.25) is 0 Å². The molecule has 3 heterocycles. The van der Waals surface area contributed by atoms with E-state index in [1.54, 1.807) is 17.1 Å². The van der Waals surface area contributed by atoms with E-state index in [2.05, 4.69) is 63.7 Å². The number of alkyl halides is 1. The molecular formula is C30H47BrN2O6. The number of nitrogens with zero attached hydrogens (tertiary/aromatic N) is 2. The molecule has 0 aromatic rings. The molecule has 2 bridgehead atoms. The molecule has 8 nitrogen and oxygen atoms in total. The van der Waals surface area contributed by atoms with Gasteiger partial charge in [0.05, 0.1) is 24.5 Å². The molecule has 3 aliphatic heterocycles. The number of likely N-dealkylation sites (tertiary alicyclic amines) is 1. The number of halogens is 1. The van der Waals surface area contributed by atoms with E-state index in [4.69, 9.17) is 9.47 Å². The van der Waals surface area contributed by atoms with Gasteiger partial charge in [-0.15, -0.1) is 13.2 Å². The fourth-order valence-corrected chi connectivity index (χ4v) is 8.08. The Hall–Kier alpha value is -1.71. The maximum atomic E-state index is 14.7. The summed E-state index contributed by atoms with van der Waals surface area (Å²) in [4.78, 5) is 45.4. The first-order chi connectivity index (χ1) is 18.3. The lowest BCUT2D eigenvalue weighted by Gasteiger charge is -2.45. The van der Waals surface area contributed by atoms with Crippen LogP contribution < -0.4 is 0 Å². The molecule has 1 N–H and O–H groups in total. The molecule has 3 rings (SSSR count). The number of aliphatic hydroxyl groups excluding tert-OH is 1. The average molecular weight is 612 g/mol. The summed E-state index contributed by atoms with van der Waals surface area (Å²) in [6.07, 6.45) is 6.56. The number of ether oxygens (including phenoxy) is 2. The number of hydrogen-bond acceptors (Lipinski definition) is 6. The molecule has 220 valence electrons. The summed E-state index contributed by atoms with van der Waals surface area (Å²) in [5.74, 6) is -2.43. The molecule has 3 fully saturated rings. The zero-order chi connectivity index (χ0) is 29.2. The average Bonchev–Trinajstić information content (AvgIpc) is 3.42. The van der Waals surface area contributed by atoms with Crippen molar-refractivity contribution in [3.8, 4) is 0 Å². The first-order valence-electron chi connectivity index (χ1n) is 14.2. The minimum absolute atomic E-state index is 0.0386. The van der Waals surface area contributed by atoms with E-state index < -0.39 is 41.1 Å². The Kier molecular flexibility index (Phi) is 10.1. The monoisotopic (exact) mass is 610 g/mol. The van der Waals surface area contributed by atoms with Gasteiger partial charge in [-0.2, -0.15) is 0 Å². The van der Waals surface area contributed by atoms with Crippen LogP contribution in [-0.2, 0) is 23.9 Å². The van der Waals surface area contributed by atoms with Gasteiger partial charge in [0.2, 0.25) is 11.8 Å². The summed E-state index contributed by atoms with van der Waals surface area (Å²) in [5, 5.41) is 9.26. The number of aliphatic hydroxyl groups is 1. The number of esters is 1. The van der Waals surface area contributed by atoms with E-state index in [0.717, 1.165) is 12.8 Å².